The molecule has 0 fully saturated rings. The Morgan fingerprint density at radius 2 is 1.03 bits per heavy atom. The zero-order valence-electron chi connectivity index (χ0n) is 18.8. The van der Waals surface area contributed by atoms with Gasteiger partial charge in [-0.15, -0.1) is 0 Å². The molecule has 5 aromatic carbocycles. The van der Waals surface area contributed by atoms with E-state index in [1.165, 1.54) is 0 Å². The van der Waals surface area contributed by atoms with E-state index < -0.39 is 0 Å². The molecular formula is C31H20ClN3. The highest BCUT2D eigenvalue weighted by atomic mass is 35.5. The Kier molecular flexibility index (Phi) is 5.53. The standard InChI is InChI=1S/C31H20ClN3/c32-31-34-29(26-16-8-7-15-25(26)22-12-5-2-6-13-22)33-30(35-31)27-17-9-14-23-18-19-24(20-28(23)27)21-10-3-1-4-11-21/h1-20H. The lowest BCUT2D eigenvalue weighted by molar-refractivity contribution is 1.07. The summed E-state index contributed by atoms with van der Waals surface area (Å²) >= 11 is 6.46. The van der Waals surface area contributed by atoms with Crippen molar-refractivity contribution >= 4 is 22.4 Å². The maximum Gasteiger partial charge on any atom is 0.226 e. The van der Waals surface area contributed by atoms with Crippen molar-refractivity contribution in [2.45, 2.75) is 0 Å². The Balaban J connectivity index is 1.52. The van der Waals surface area contributed by atoms with Gasteiger partial charge in [-0.2, -0.15) is 9.97 Å². The molecule has 0 atom stereocenters. The molecule has 0 amide bonds. The Morgan fingerprint density at radius 3 is 1.77 bits per heavy atom. The van der Waals surface area contributed by atoms with E-state index in [0.29, 0.717) is 11.6 Å². The molecule has 35 heavy (non-hydrogen) atoms. The molecule has 6 rings (SSSR count). The van der Waals surface area contributed by atoms with Crippen molar-refractivity contribution in [2.75, 3.05) is 0 Å². The number of halogens is 1. The van der Waals surface area contributed by atoms with E-state index in [0.717, 1.165) is 44.2 Å². The van der Waals surface area contributed by atoms with Crippen LogP contribution in [-0.4, -0.2) is 15.0 Å². The second kappa shape index (κ2) is 9.13. The average molecular weight is 470 g/mol. The average Bonchev–Trinajstić information content (AvgIpc) is 2.93. The van der Waals surface area contributed by atoms with Gasteiger partial charge in [-0.3, -0.25) is 0 Å². The van der Waals surface area contributed by atoms with E-state index >= 15 is 0 Å². The van der Waals surface area contributed by atoms with Crippen LogP contribution in [0.15, 0.2) is 121 Å². The van der Waals surface area contributed by atoms with Crippen LogP contribution in [0.1, 0.15) is 0 Å². The van der Waals surface area contributed by atoms with Crippen LogP contribution >= 0.6 is 11.6 Å². The number of benzene rings is 5. The third-order valence-corrected chi connectivity index (χ3v) is 6.26. The highest BCUT2D eigenvalue weighted by Gasteiger charge is 2.15. The number of hydrogen-bond donors (Lipinski definition) is 0. The first-order valence-electron chi connectivity index (χ1n) is 11.4. The minimum absolute atomic E-state index is 0.170. The fourth-order valence-corrected chi connectivity index (χ4v) is 4.58. The topological polar surface area (TPSA) is 38.7 Å². The van der Waals surface area contributed by atoms with Gasteiger partial charge in [0, 0.05) is 11.1 Å². The van der Waals surface area contributed by atoms with E-state index in [1.807, 2.05) is 66.7 Å². The fourth-order valence-electron chi connectivity index (χ4n) is 4.42. The maximum absolute atomic E-state index is 6.46. The van der Waals surface area contributed by atoms with Crippen LogP contribution in [0.4, 0.5) is 0 Å². The molecule has 0 aliphatic heterocycles. The number of hydrogen-bond acceptors (Lipinski definition) is 3. The van der Waals surface area contributed by atoms with Gasteiger partial charge in [0.05, 0.1) is 0 Å². The highest BCUT2D eigenvalue weighted by molar-refractivity contribution is 6.28. The molecule has 0 aliphatic carbocycles. The molecule has 0 spiro atoms. The number of nitrogens with zero attached hydrogens (tertiary/aromatic N) is 3. The van der Waals surface area contributed by atoms with Gasteiger partial charge in [0.25, 0.3) is 0 Å². The lowest BCUT2D eigenvalue weighted by atomic mass is 9.97. The van der Waals surface area contributed by atoms with Crippen molar-refractivity contribution < 1.29 is 0 Å². The molecule has 0 bridgehead atoms. The molecule has 0 saturated heterocycles. The lowest BCUT2D eigenvalue weighted by Crippen LogP contribution is -1.99. The molecule has 166 valence electrons. The van der Waals surface area contributed by atoms with E-state index in [-0.39, 0.29) is 5.28 Å². The molecule has 1 aromatic heterocycles. The van der Waals surface area contributed by atoms with Crippen LogP contribution in [0.25, 0.3) is 55.8 Å². The van der Waals surface area contributed by atoms with Crippen LogP contribution in [0.3, 0.4) is 0 Å². The number of aromatic nitrogens is 3. The van der Waals surface area contributed by atoms with Crippen molar-refractivity contribution in [3.05, 3.63) is 127 Å². The predicted octanol–water partition coefficient (Wildman–Crippen LogP) is 8.35. The Bertz CT molecular complexity index is 1650. The first-order chi connectivity index (χ1) is 17.3. The zero-order chi connectivity index (χ0) is 23.6. The Hall–Kier alpha value is -4.34. The molecular weight excluding hydrogens is 450 g/mol. The van der Waals surface area contributed by atoms with Crippen molar-refractivity contribution in [1.82, 2.24) is 15.0 Å². The van der Waals surface area contributed by atoms with Crippen molar-refractivity contribution in [1.29, 1.82) is 0 Å². The van der Waals surface area contributed by atoms with Crippen LogP contribution in [-0.2, 0) is 0 Å². The van der Waals surface area contributed by atoms with Gasteiger partial charge in [-0.05, 0) is 50.7 Å². The maximum atomic E-state index is 6.46. The first kappa shape index (κ1) is 21.2. The van der Waals surface area contributed by atoms with Gasteiger partial charge < -0.3 is 0 Å². The van der Waals surface area contributed by atoms with E-state index in [9.17, 15) is 0 Å². The molecule has 0 aliphatic rings. The summed E-state index contributed by atoms with van der Waals surface area (Å²) in [6.07, 6.45) is 0. The fraction of sp³-hybridized carbons (Fsp3) is 0. The van der Waals surface area contributed by atoms with Crippen LogP contribution < -0.4 is 0 Å². The van der Waals surface area contributed by atoms with Crippen LogP contribution in [0.5, 0.6) is 0 Å². The summed E-state index contributed by atoms with van der Waals surface area (Å²) in [7, 11) is 0. The lowest BCUT2D eigenvalue weighted by Gasteiger charge is -2.12. The van der Waals surface area contributed by atoms with Crippen LogP contribution in [0, 0.1) is 0 Å². The van der Waals surface area contributed by atoms with Crippen molar-refractivity contribution in [3.63, 3.8) is 0 Å². The summed E-state index contributed by atoms with van der Waals surface area (Å²) in [6.45, 7) is 0. The van der Waals surface area contributed by atoms with E-state index in [4.69, 9.17) is 16.6 Å². The normalized spacial score (nSPS) is 11.0. The monoisotopic (exact) mass is 469 g/mol. The third-order valence-electron chi connectivity index (χ3n) is 6.09. The molecule has 3 nitrogen and oxygen atoms in total. The van der Waals surface area contributed by atoms with Gasteiger partial charge in [-0.25, -0.2) is 4.98 Å². The van der Waals surface area contributed by atoms with E-state index in [1.54, 1.807) is 0 Å². The molecule has 1 heterocycles. The summed E-state index contributed by atoms with van der Waals surface area (Å²) < 4.78 is 0. The van der Waals surface area contributed by atoms with Crippen LogP contribution in [0.2, 0.25) is 5.28 Å². The van der Waals surface area contributed by atoms with Gasteiger partial charge in [0.15, 0.2) is 11.6 Å². The quantitative estimate of drug-likeness (QED) is 0.260. The largest absolute Gasteiger partial charge is 0.226 e. The van der Waals surface area contributed by atoms with Crippen molar-refractivity contribution in [2.24, 2.45) is 0 Å². The van der Waals surface area contributed by atoms with E-state index in [2.05, 4.69) is 64.6 Å². The van der Waals surface area contributed by atoms with Gasteiger partial charge in [0.2, 0.25) is 5.28 Å². The Morgan fingerprint density at radius 1 is 0.429 bits per heavy atom. The minimum Gasteiger partial charge on any atom is -0.208 e. The summed E-state index contributed by atoms with van der Waals surface area (Å²) in [4.78, 5) is 13.9. The highest BCUT2D eigenvalue weighted by Crippen LogP contribution is 2.34. The number of fused-ring (bicyclic) bond motifs is 1. The summed E-state index contributed by atoms with van der Waals surface area (Å²) in [5, 5.41) is 2.35. The van der Waals surface area contributed by atoms with Gasteiger partial charge in [0.1, 0.15) is 0 Å². The molecule has 6 aromatic rings. The van der Waals surface area contributed by atoms with Gasteiger partial charge in [-0.1, -0.05) is 115 Å². The molecule has 0 unspecified atom stereocenters. The molecule has 0 saturated carbocycles. The van der Waals surface area contributed by atoms with Crippen molar-refractivity contribution in [3.8, 4) is 45.0 Å². The third kappa shape index (κ3) is 4.18. The molecule has 4 heteroatoms. The SMILES string of the molecule is Clc1nc(-c2ccccc2-c2ccccc2)nc(-c2cccc3ccc(-c4ccccc4)cc23)n1. The second-order valence-corrected chi connectivity index (χ2v) is 8.61. The Labute approximate surface area is 208 Å². The summed E-state index contributed by atoms with van der Waals surface area (Å²) in [6, 6.07) is 41.3. The smallest absolute Gasteiger partial charge is 0.208 e. The molecule has 0 radical (unpaired) electrons. The summed E-state index contributed by atoms with van der Waals surface area (Å²) in [5.41, 5.74) is 6.28. The zero-order valence-corrected chi connectivity index (χ0v) is 19.5. The predicted molar refractivity (Wildman–Crippen MR) is 144 cm³/mol. The minimum atomic E-state index is 0.170. The molecule has 0 N–H and O–H groups in total. The second-order valence-electron chi connectivity index (χ2n) is 8.27. The number of rotatable bonds is 4. The summed E-state index contributed by atoms with van der Waals surface area (Å²) in [5.74, 6) is 1.11. The van der Waals surface area contributed by atoms with Gasteiger partial charge >= 0.3 is 0 Å². The first-order valence-corrected chi connectivity index (χ1v) is 11.8.